The molecular formula is C14H25BrN4. The van der Waals surface area contributed by atoms with Crippen LogP contribution >= 0.6 is 15.9 Å². The Hall–Kier alpha value is -0.390. The number of aromatic nitrogens is 2. The van der Waals surface area contributed by atoms with E-state index in [1.54, 1.807) is 0 Å². The van der Waals surface area contributed by atoms with Gasteiger partial charge in [0.15, 0.2) is 0 Å². The molecule has 2 rings (SSSR count). The number of rotatable bonds is 4. The fourth-order valence-corrected chi connectivity index (χ4v) is 3.79. The number of nitrogens with zero attached hydrogens (tertiary/aromatic N) is 4. The molecule has 2 heterocycles. The second kappa shape index (κ2) is 5.94. The Morgan fingerprint density at radius 1 is 1.37 bits per heavy atom. The van der Waals surface area contributed by atoms with Gasteiger partial charge < -0.3 is 4.90 Å². The van der Waals surface area contributed by atoms with Crippen molar-refractivity contribution in [2.45, 2.75) is 32.9 Å². The predicted molar refractivity (Wildman–Crippen MR) is 82.2 cm³/mol. The Kier molecular flexibility index (Phi) is 4.69. The highest BCUT2D eigenvalue weighted by Crippen LogP contribution is 2.26. The van der Waals surface area contributed by atoms with E-state index in [2.05, 4.69) is 58.8 Å². The topological polar surface area (TPSA) is 24.3 Å². The maximum absolute atomic E-state index is 4.58. The SMILES string of the molecule is CCc1nn(C)c(CN2CC(C)C(N(C)C)C2)c1Br. The van der Waals surface area contributed by atoms with Crippen LogP contribution in [0, 0.1) is 5.92 Å². The third kappa shape index (κ3) is 3.03. The number of likely N-dealkylation sites (N-methyl/N-ethyl adjacent to an activating group) is 1. The molecule has 1 fully saturated rings. The molecule has 0 amide bonds. The summed E-state index contributed by atoms with van der Waals surface area (Å²) >= 11 is 3.71. The maximum atomic E-state index is 4.58. The molecule has 0 saturated carbocycles. The van der Waals surface area contributed by atoms with Gasteiger partial charge in [-0.2, -0.15) is 5.10 Å². The highest BCUT2D eigenvalue weighted by molar-refractivity contribution is 9.10. The summed E-state index contributed by atoms with van der Waals surface area (Å²) in [6, 6.07) is 0.664. The van der Waals surface area contributed by atoms with Crippen molar-refractivity contribution < 1.29 is 0 Å². The van der Waals surface area contributed by atoms with E-state index in [0.717, 1.165) is 31.1 Å². The van der Waals surface area contributed by atoms with Crippen molar-refractivity contribution in [2.24, 2.45) is 13.0 Å². The molecule has 1 aromatic rings. The Morgan fingerprint density at radius 2 is 2.05 bits per heavy atom. The fraction of sp³-hybridized carbons (Fsp3) is 0.786. The van der Waals surface area contributed by atoms with Gasteiger partial charge in [0.2, 0.25) is 0 Å². The molecule has 0 radical (unpaired) electrons. The van der Waals surface area contributed by atoms with Gasteiger partial charge in [-0.05, 0) is 42.4 Å². The van der Waals surface area contributed by atoms with Gasteiger partial charge in [0.1, 0.15) is 0 Å². The van der Waals surface area contributed by atoms with Crippen LogP contribution in [0.5, 0.6) is 0 Å². The zero-order valence-electron chi connectivity index (χ0n) is 12.6. The molecule has 2 unspecified atom stereocenters. The quantitative estimate of drug-likeness (QED) is 0.846. The second-order valence-corrected chi connectivity index (χ2v) is 6.68. The molecule has 2 atom stereocenters. The van der Waals surface area contributed by atoms with E-state index in [-0.39, 0.29) is 0 Å². The summed E-state index contributed by atoms with van der Waals surface area (Å²) in [7, 11) is 6.40. The van der Waals surface area contributed by atoms with Gasteiger partial charge in [0.05, 0.1) is 15.9 Å². The molecular weight excluding hydrogens is 304 g/mol. The number of likely N-dealkylation sites (tertiary alicyclic amines) is 1. The van der Waals surface area contributed by atoms with E-state index in [4.69, 9.17) is 0 Å². The molecule has 0 N–H and O–H groups in total. The lowest BCUT2D eigenvalue weighted by molar-refractivity contribution is 0.248. The van der Waals surface area contributed by atoms with Crippen molar-refractivity contribution >= 4 is 15.9 Å². The van der Waals surface area contributed by atoms with Crippen LogP contribution in [0.2, 0.25) is 0 Å². The summed E-state index contributed by atoms with van der Waals surface area (Å²) in [5, 5.41) is 4.58. The van der Waals surface area contributed by atoms with E-state index < -0.39 is 0 Å². The van der Waals surface area contributed by atoms with Crippen LogP contribution in [-0.4, -0.2) is 52.8 Å². The lowest BCUT2D eigenvalue weighted by Crippen LogP contribution is -2.34. The summed E-state index contributed by atoms with van der Waals surface area (Å²) in [5.41, 5.74) is 2.46. The first kappa shape index (κ1) is 15.0. The minimum absolute atomic E-state index is 0.664. The van der Waals surface area contributed by atoms with Crippen LogP contribution in [0.3, 0.4) is 0 Å². The summed E-state index contributed by atoms with van der Waals surface area (Å²) < 4.78 is 3.22. The molecule has 0 aromatic carbocycles. The van der Waals surface area contributed by atoms with Crippen LogP contribution in [0.25, 0.3) is 0 Å². The molecule has 0 aliphatic carbocycles. The Labute approximate surface area is 124 Å². The van der Waals surface area contributed by atoms with Gasteiger partial charge in [-0.3, -0.25) is 9.58 Å². The van der Waals surface area contributed by atoms with E-state index in [1.165, 1.54) is 16.7 Å². The third-order valence-electron chi connectivity index (χ3n) is 4.19. The van der Waals surface area contributed by atoms with Crippen molar-refractivity contribution in [3.63, 3.8) is 0 Å². The fourth-order valence-electron chi connectivity index (χ4n) is 3.05. The largest absolute Gasteiger partial charge is 0.305 e. The van der Waals surface area contributed by atoms with Gasteiger partial charge >= 0.3 is 0 Å². The molecule has 0 bridgehead atoms. The first-order valence-corrected chi connectivity index (χ1v) is 7.82. The van der Waals surface area contributed by atoms with Crippen molar-refractivity contribution in [1.82, 2.24) is 19.6 Å². The van der Waals surface area contributed by atoms with Crippen LogP contribution in [0.15, 0.2) is 4.47 Å². The Bertz CT molecular complexity index is 441. The summed E-state index contributed by atoms with van der Waals surface area (Å²) in [4.78, 5) is 4.89. The average molecular weight is 329 g/mol. The average Bonchev–Trinajstić information content (AvgIpc) is 2.84. The molecule has 19 heavy (non-hydrogen) atoms. The van der Waals surface area contributed by atoms with Crippen molar-refractivity contribution in [3.05, 3.63) is 15.9 Å². The first-order chi connectivity index (χ1) is 8.93. The lowest BCUT2D eigenvalue weighted by atomic mass is 10.1. The standard InChI is InChI=1S/C14H25BrN4/c1-6-11-14(15)13(18(5)16-11)9-19-7-10(2)12(8-19)17(3)4/h10,12H,6-9H2,1-5H3. The molecule has 1 saturated heterocycles. The second-order valence-electron chi connectivity index (χ2n) is 5.89. The number of hydrogen-bond donors (Lipinski definition) is 0. The van der Waals surface area contributed by atoms with Gasteiger partial charge in [-0.25, -0.2) is 0 Å². The van der Waals surface area contributed by atoms with E-state index in [9.17, 15) is 0 Å². The highest BCUT2D eigenvalue weighted by atomic mass is 79.9. The molecule has 1 aliphatic heterocycles. The molecule has 0 spiro atoms. The highest BCUT2D eigenvalue weighted by Gasteiger charge is 2.31. The molecule has 108 valence electrons. The molecule has 1 aromatic heterocycles. The van der Waals surface area contributed by atoms with Crippen LogP contribution in [0.1, 0.15) is 25.2 Å². The van der Waals surface area contributed by atoms with Crippen LogP contribution < -0.4 is 0 Å². The monoisotopic (exact) mass is 328 g/mol. The third-order valence-corrected chi connectivity index (χ3v) is 5.10. The van der Waals surface area contributed by atoms with E-state index >= 15 is 0 Å². The van der Waals surface area contributed by atoms with Gasteiger partial charge in [-0.15, -0.1) is 0 Å². The van der Waals surface area contributed by atoms with Crippen LogP contribution in [-0.2, 0) is 20.0 Å². The molecule has 5 heteroatoms. The van der Waals surface area contributed by atoms with Crippen LogP contribution in [0.4, 0.5) is 0 Å². The van der Waals surface area contributed by atoms with Gasteiger partial charge in [0, 0.05) is 32.7 Å². The van der Waals surface area contributed by atoms with Crippen molar-refractivity contribution in [1.29, 1.82) is 0 Å². The zero-order valence-corrected chi connectivity index (χ0v) is 14.2. The predicted octanol–water partition coefficient (Wildman–Crippen LogP) is 2.13. The first-order valence-electron chi connectivity index (χ1n) is 7.03. The smallest absolute Gasteiger partial charge is 0.0767 e. The van der Waals surface area contributed by atoms with Crippen molar-refractivity contribution in [3.8, 4) is 0 Å². The molecule has 4 nitrogen and oxygen atoms in total. The zero-order chi connectivity index (χ0) is 14.2. The Morgan fingerprint density at radius 3 is 2.53 bits per heavy atom. The summed E-state index contributed by atoms with van der Waals surface area (Å²) in [6.45, 7) is 7.80. The van der Waals surface area contributed by atoms with Gasteiger partial charge in [-0.1, -0.05) is 13.8 Å². The van der Waals surface area contributed by atoms with E-state index in [0.29, 0.717) is 6.04 Å². The van der Waals surface area contributed by atoms with Gasteiger partial charge in [0.25, 0.3) is 0 Å². The van der Waals surface area contributed by atoms with Crippen molar-refractivity contribution in [2.75, 3.05) is 27.2 Å². The minimum atomic E-state index is 0.664. The maximum Gasteiger partial charge on any atom is 0.0767 e. The number of aryl methyl sites for hydroxylation is 2. The molecule has 1 aliphatic rings. The number of hydrogen-bond acceptors (Lipinski definition) is 3. The minimum Gasteiger partial charge on any atom is -0.305 e. The lowest BCUT2D eigenvalue weighted by Gasteiger charge is -2.22. The Balaban J connectivity index is 2.09. The number of halogens is 1. The summed E-state index contributed by atoms with van der Waals surface area (Å²) in [5.74, 6) is 0.729. The van der Waals surface area contributed by atoms with E-state index in [1.807, 2.05) is 11.7 Å². The summed E-state index contributed by atoms with van der Waals surface area (Å²) in [6.07, 6.45) is 0.977. The normalized spacial score (nSPS) is 24.6.